The van der Waals surface area contributed by atoms with Crippen LogP contribution in [0.2, 0.25) is 0 Å². The predicted molar refractivity (Wildman–Crippen MR) is 195 cm³/mol. The van der Waals surface area contributed by atoms with E-state index in [1.807, 2.05) is 65.8 Å². The molecule has 0 saturated carbocycles. The maximum atomic E-state index is 14.2. The zero-order valence-electron chi connectivity index (χ0n) is 30.6. The Labute approximate surface area is 314 Å². The predicted octanol–water partition coefficient (Wildman–Crippen LogP) is 4.51. The molecule has 1 aliphatic carbocycles. The van der Waals surface area contributed by atoms with Gasteiger partial charge < -0.3 is 29.7 Å². The Bertz CT molecular complexity index is 2160. The molecule has 0 N–H and O–H groups in total. The van der Waals surface area contributed by atoms with Crippen molar-refractivity contribution in [2.45, 2.75) is 74.1 Å². The average molecular weight is 699 g/mol. The van der Waals surface area contributed by atoms with E-state index in [4.69, 9.17) is 29.7 Å². The van der Waals surface area contributed by atoms with Crippen LogP contribution in [0.1, 0.15) is 113 Å². The first-order valence-corrected chi connectivity index (χ1v) is 17.2. The SMILES string of the molecule is CC/C(C)=C/COC(=O)CC[C@@H]1/C2=C3/c4[n-]c(c(C)c4C(=O)[C@@H]3C(=O)OC)/C=c3\[n-]/c(c(C)c3CC)=C\c3[n-]c(c(C)c3C=O)/C=C(\[N-]2)[C@H]1C.[Mg+2]. The smallest absolute Gasteiger partial charge is 0.664 e. The van der Waals surface area contributed by atoms with Crippen LogP contribution in [0.4, 0.5) is 0 Å². The van der Waals surface area contributed by atoms with E-state index in [9.17, 15) is 19.2 Å². The van der Waals surface area contributed by atoms with Gasteiger partial charge in [-0.2, -0.15) is 11.4 Å². The van der Waals surface area contributed by atoms with Crippen molar-refractivity contribution in [3.05, 3.63) is 95.2 Å². The molecular formula is C40H42MgN4O6-2. The molecule has 262 valence electrons. The van der Waals surface area contributed by atoms with Crippen LogP contribution in [0.25, 0.3) is 29.1 Å². The number of allylic oxidation sites excluding steroid dienone is 3. The van der Waals surface area contributed by atoms with E-state index in [0.717, 1.165) is 29.4 Å². The number of aromatic nitrogens is 3. The summed E-state index contributed by atoms with van der Waals surface area (Å²) in [5.41, 5.74) is 8.98. The molecule has 8 bridgehead atoms. The average Bonchev–Trinajstić information content (AvgIpc) is 3.84. The van der Waals surface area contributed by atoms with Crippen LogP contribution in [-0.2, 0) is 25.5 Å². The first-order valence-electron chi connectivity index (χ1n) is 17.2. The van der Waals surface area contributed by atoms with Crippen molar-refractivity contribution < 1.29 is 28.7 Å². The molecule has 0 radical (unpaired) electrons. The van der Waals surface area contributed by atoms with Crippen molar-refractivity contribution >= 4 is 70.9 Å². The molecule has 0 amide bonds. The van der Waals surface area contributed by atoms with Crippen molar-refractivity contribution in [1.29, 1.82) is 0 Å². The molecule has 0 unspecified atom stereocenters. The number of ketones is 1. The number of aldehydes is 1. The molecule has 11 heteroatoms. The molecule has 0 aromatic carbocycles. The van der Waals surface area contributed by atoms with Gasteiger partial charge in [-0.1, -0.05) is 72.4 Å². The van der Waals surface area contributed by atoms with Crippen molar-refractivity contribution in [2.24, 2.45) is 17.8 Å². The quantitative estimate of drug-likeness (QED) is 0.104. The number of rotatable bonds is 9. The Morgan fingerprint density at radius 1 is 0.941 bits per heavy atom. The molecule has 6 rings (SSSR count). The van der Waals surface area contributed by atoms with E-state index < -0.39 is 11.9 Å². The number of carbonyl (C=O) groups is 4. The number of carbonyl (C=O) groups excluding carboxylic acids is 4. The summed E-state index contributed by atoms with van der Waals surface area (Å²) in [6.07, 6.45) is 10.3. The summed E-state index contributed by atoms with van der Waals surface area (Å²) in [6.45, 7) is 14.0. The Morgan fingerprint density at radius 2 is 1.65 bits per heavy atom. The van der Waals surface area contributed by atoms with Crippen LogP contribution in [0.3, 0.4) is 0 Å². The molecular weight excluding hydrogens is 657 g/mol. The summed E-state index contributed by atoms with van der Waals surface area (Å²) in [5, 5.41) is 6.52. The minimum Gasteiger partial charge on any atom is -0.664 e. The van der Waals surface area contributed by atoms with Gasteiger partial charge in [0, 0.05) is 17.5 Å². The zero-order chi connectivity index (χ0) is 36.0. The number of fused-ring (bicyclic) bond motifs is 7. The van der Waals surface area contributed by atoms with Gasteiger partial charge in [0.15, 0.2) is 5.78 Å². The van der Waals surface area contributed by atoms with Gasteiger partial charge in [-0.25, -0.2) is 0 Å². The van der Waals surface area contributed by atoms with E-state index in [-0.39, 0.29) is 59.7 Å². The molecule has 3 aromatic heterocycles. The third-order valence-electron chi connectivity index (χ3n) is 10.6. The molecule has 0 spiro atoms. The third kappa shape index (κ3) is 6.62. The van der Waals surface area contributed by atoms with E-state index >= 15 is 0 Å². The van der Waals surface area contributed by atoms with E-state index in [1.54, 1.807) is 0 Å². The standard InChI is InChI=1S/C40H44N4O6.Mg/c1-9-19(3)13-14-50-33(46)12-11-25-21(5)29-15-27-22(6)26(18-45)32(42-27)16-28-20(4)24(10-2)31(41-28)17-30-23(7)34-38(44-30)35(37(25)43-29)36(39(34)47)40(48)49-8;/h13,15-18,21,25,36H,9-12,14H2,1-8H3,(H2-2,41,42,43,44,45,47);/q-2;+2/p-2/b19-13+,29-15-;/t21-,25-,36+;/m0./s1. The fourth-order valence-electron chi connectivity index (χ4n) is 7.31. The van der Waals surface area contributed by atoms with Crippen molar-refractivity contribution in [1.82, 2.24) is 15.0 Å². The van der Waals surface area contributed by atoms with Crippen LogP contribution in [0.5, 0.6) is 0 Å². The van der Waals surface area contributed by atoms with E-state index in [0.29, 0.717) is 85.5 Å². The molecule has 1 saturated heterocycles. The first-order chi connectivity index (χ1) is 23.9. The Hall–Kier alpha value is -4.35. The summed E-state index contributed by atoms with van der Waals surface area (Å²) in [7, 11) is 1.26. The maximum Gasteiger partial charge on any atom is 2.00 e. The molecule has 3 aliphatic rings. The summed E-state index contributed by atoms with van der Waals surface area (Å²) < 4.78 is 10.7. The number of Topliss-reactive ketones (excluding diaryl/α,β-unsaturated/α-hetero) is 1. The van der Waals surface area contributed by atoms with Crippen molar-refractivity contribution in [2.75, 3.05) is 13.7 Å². The van der Waals surface area contributed by atoms with Gasteiger partial charge in [0.05, 0.1) is 7.11 Å². The first kappa shape index (κ1) is 37.9. The minimum absolute atomic E-state index is 0. The molecule has 3 atom stereocenters. The molecule has 1 fully saturated rings. The summed E-state index contributed by atoms with van der Waals surface area (Å²) in [6, 6.07) is 0. The second kappa shape index (κ2) is 15.1. The largest absolute Gasteiger partial charge is 2.00 e. The number of esters is 2. The number of ether oxygens (including phenoxy) is 2. The molecule has 2 aliphatic heterocycles. The number of methoxy groups -OCH3 is 1. The molecule has 5 heterocycles. The third-order valence-corrected chi connectivity index (χ3v) is 10.6. The fraction of sp³-hybridized carbons (Fsp3) is 0.400. The van der Waals surface area contributed by atoms with Crippen molar-refractivity contribution in [3.63, 3.8) is 0 Å². The zero-order valence-corrected chi connectivity index (χ0v) is 32.0. The van der Waals surface area contributed by atoms with Gasteiger partial charge in [-0.3, -0.25) is 19.2 Å². The van der Waals surface area contributed by atoms with E-state index in [1.165, 1.54) is 7.11 Å². The Morgan fingerprint density at radius 3 is 2.31 bits per heavy atom. The molecule has 10 nitrogen and oxygen atoms in total. The van der Waals surface area contributed by atoms with Crippen LogP contribution in [-0.4, -0.2) is 60.8 Å². The number of hydrogen-bond donors (Lipinski definition) is 0. The minimum atomic E-state index is -1.25. The van der Waals surface area contributed by atoms with Crippen molar-refractivity contribution in [3.8, 4) is 0 Å². The second-order valence-electron chi connectivity index (χ2n) is 13.3. The molecule has 51 heavy (non-hydrogen) atoms. The monoisotopic (exact) mass is 698 g/mol. The van der Waals surface area contributed by atoms with Crippen LogP contribution < -0.4 is 25.7 Å². The van der Waals surface area contributed by atoms with Gasteiger partial charge in [0.25, 0.3) is 0 Å². The van der Waals surface area contributed by atoms with Crippen LogP contribution >= 0.6 is 0 Å². The van der Waals surface area contributed by atoms with Gasteiger partial charge in [-0.15, -0.1) is 33.5 Å². The Kier molecular flexibility index (Phi) is 11.2. The topological polar surface area (TPSA) is 143 Å². The number of nitrogens with zero attached hydrogens (tertiary/aromatic N) is 4. The Balaban J connectivity index is 0.00000504. The number of hydrogen-bond acceptors (Lipinski definition) is 6. The van der Waals surface area contributed by atoms with Gasteiger partial charge in [0.1, 0.15) is 18.8 Å². The summed E-state index contributed by atoms with van der Waals surface area (Å²) in [4.78, 5) is 67.7. The fourth-order valence-corrected chi connectivity index (χ4v) is 7.31. The maximum absolute atomic E-state index is 14.2. The van der Waals surface area contributed by atoms with Gasteiger partial charge in [0.2, 0.25) is 0 Å². The van der Waals surface area contributed by atoms with Crippen LogP contribution in [0, 0.1) is 38.5 Å². The summed E-state index contributed by atoms with van der Waals surface area (Å²) >= 11 is 0. The summed E-state index contributed by atoms with van der Waals surface area (Å²) in [5.74, 6) is -3.27. The van der Waals surface area contributed by atoms with Gasteiger partial charge in [-0.05, 0) is 64.9 Å². The second-order valence-corrected chi connectivity index (χ2v) is 13.3. The van der Waals surface area contributed by atoms with E-state index in [2.05, 4.69) is 6.92 Å². The molecule has 3 aromatic rings. The van der Waals surface area contributed by atoms with Crippen LogP contribution in [0.15, 0.2) is 23.0 Å². The normalized spacial score (nSPS) is 22.9. The van der Waals surface area contributed by atoms with Gasteiger partial charge >= 0.3 is 35.0 Å².